The van der Waals surface area contributed by atoms with E-state index in [2.05, 4.69) is 0 Å². The van der Waals surface area contributed by atoms with Crippen LogP contribution < -0.4 is 24.4 Å². The number of fused-ring (bicyclic) bond motifs is 2. The first-order chi connectivity index (χ1) is 19.4. The van der Waals surface area contributed by atoms with Gasteiger partial charge in [0.2, 0.25) is 0 Å². The van der Waals surface area contributed by atoms with Gasteiger partial charge >= 0.3 is 0 Å². The third-order valence-corrected chi connectivity index (χ3v) is 8.22. The van der Waals surface area contributed by atoms with E-state index in [4.69, 9.17) is 14.5 Å². The molecule has 2 heterocycles. The van der Waals surface area contributed by atoms with Crippen molar-refractivity contribution in [2.45, 2.75) is 33.7 Å². The molecule has 5 rings (SSSR count). The summed E-state index contributed by atoms with van der Waals surface area (Å²) in [4.78, 5) is 35.1. The Morgan fingerprint density at radius 2 is 1.70 bits per heavy atom. The van der Waals surface area contributed by atoms with Gasteiger partial charge in [0.1, 0.15) is 17.5 Å². The number of thiazole rings is 1. The number of carbonyl (C=O) groups excluding carboxylic acids is 1. The highest BCUT2D eigenvalue weighted by molar-refractivity contribution is 7.07. The van der Waals surface area contributed by atoms with E-state index in [1.54, 1.807) is 16.6 Å². The molecule has 1 aromatic heterocycles. The number of allylic oxidation sites excluding steroid dienone is 1. The summed E-state index contributed by atoms with van der Waals surface area (Å²) in [6.07, 6.45) is 1.91. The number of nitrogens with zero attached hydrogens (tertiary/aromatic N) is 3. The maximum Gasteiger partial charge on any atom is 0.271 e. The standard InChI is InChI=1S/C32H33N3O4S/c1-6-34(7-2)31(37)28-20(4)33-32-35(29(28)24-15-11-12-16-25(24)38-5)30(36)27(40-32)19-21-17-18-26(39-8-3)23-14-10-9-13-22(21)23/h9-19,29H,6-8H2,1-5H3/b27-19+/t29-/m0/s1. The van der Waals surface area contributed by atoms with Gasteiger partial charge in [-0.25, -0.2) is 4.99 Å². The molecule has 1 amide bonds. The predicted molar refractivity (Wildman–Crippen MR) is 160 cm³/mol. The second-order valence-electron chi connectivity index (χ2n) is 9.43. The van der Waals surface area contributed by atoms with Crippen LogP contribution in [0.4, 0.5) is 0 Å². The molecular weight excluding hydrogens is 522 g/mol. The van der Waals surface area contributed by atoms with Crippen LogP contribution in [0.15, 0.2) is 81.7 Å². The molecule has 8 heteroatoms. The highest BCUT2D eigenvalue weighted by Gasteiger charge is 2.35. The summed E-state index contributed by atoms with van der Waals surface area (Å²) in [5.74, 6) is 1.29. The van der Waals surface area contributed by atoms with Crippen LogP contribution in [0, 0.1) is 0 Å². The van der Waals surface area contributed by atoms with Crippen molar-refractivity contribution in [2.24, 2.45) is 4.99 Å². The molecule has 1 aliphatic rings. The van der Waals surface area contributed by atoms with Crippen molar-refractivity contribution in [3.8, 4) is 11.5 Å². The van der Waals surface area contributed by atoms with E-state index in [0.717, 1.165) is 27.6 Å². The third kappa shape index (κ3) is 4.73. The molecule has 0 radical (unpaired) electrons. The van der Waals surface area contributed by atoms with Crippen molar-refractivity contribution >= 4 is 34.1 Å². The molecule has 0 aliphatic carbocycles. The largest absolute Gasteiger partial charge is 0.496 e. The van der Waals surface area contributed by atoms with E-state index in [1.807, 2.05) is 94.4 Å². The zero-order chi connectivity index (χ0) is 28.4. The normalized spacial score (nSPS) is 15.1. The molecule has 0 N–H and O–H groups in total. The average molecular weight is 556 g/mol. The van der Waals surface area contributed by atoms with Crippen LogP contribution in [0.5, 0.6) is 11.5 Å². The van der Waals surface area contributed by atoms with Crippen LogP contribution in [-0.2, 0) is 4.79 Å². The van der Waals surface area contributed by atoms with Gasteiger partial charge in [-0.1, -0.05) is 59.9 Å². The summed E-state index contributed by atoms with van der Waals surface area (Å²) in [5.41, 5.74) is 2.54. The summed E-state index contributed by atoms with van der Waals surface area (Å²) in [5, 5.41) is 1.98. The molecule has 1 aliphatic heterocycles. The second kappa shape index (κ2) is 11.5. The Morgan fingerprint density at radius 1 is 1.00 bits per heavy atom. The number of methoxy groups -OCH3 is 1. The number of amides is 1. The zero-order valence-corrected chi connectivity index (χ0v) is 24.2. The Hall–Kier alpha value is -4.17. The van der Waals surface area contributed by atoms with Crippen molar-refractivity contribution in [1.82, 2.24) is 9.47 Å². The quantitative estimate of drug-likeness (QED) is 0.317. The van der Waals surface area contributed by atoms with Crippen LogP contribution in [0.1, 0.15) is 44.9 Å². The van der Waals surface area contributed by atoms with Crippen molar-refractivity contribution < 1.29 is 14.3 Å². The van der Waals surface area contributed by atoms with Gasteiger partial charge in [0.25, 0.3) is 11.5 Å². The SMILES string of the molecule is CCOc1ccc(/C=c2/sc3n(c2=O)[C@@H](c2ccccc2OC)C(C(=O)N(CC)CC)=C(C)N=3)c2ccccc12. The minimum absolute atomic E-state index is 0.131. The maximum absolute atomic E-state index is 14.2. The van der Waals surface area contributed by atoms with Gasteiger partial charge in [-0.15, -0.1) is 0 Å². The van der Waals surface area contributed by atoms with Gasteiger partial charge in [-0.2, -0.15) is 0 Å². The van der Waals surface area contributed by atoms with Gasteiger partial charge in [-0.3, -0.25) is 14.2 Å². The number of hydrogen-bond acceptors (Lipinski definition) is 6. The topological polar surface area (TPSA) is 73.1 Å². The highest BCUT2D eigenvalue weighted by Crippen LogP contribution is 2.36. The van der Waals surface area contributed by atoms with Crippen LogP contribution >= 0.6 is 11.3 Å². The molecule has 206 valence electrons. The molecule has 0 spiro atoms. The molecular formula is C32H33N3O4S. The number of para-hydroxylation sites is 1. The lowest BCUT2D eigenvalue weighted by molar-refractivity contribution is -0.127. The summed E-state index contributed by atoms with van der Waals surface area (Å²) in [6.45, 7) is 9.38. The van der Waals surface area contributed by atoms with E-state index in [-0.39, 0.29) is 11.5 Å². The lowest BCUT2D eigenvalue weighted by Gasteiger charge is -2.29. The fraction of sp³-hybridized carbons (Fsp3) is 0.281. The van der Waals surface area contributed by atoms with Gasteiger partial charge in [0.05, 0.1) is 29.5 Å². The second-order valence-corrected chi connectivity index (χ2v) is 10.4. The van der Waals surface area contributed by atoms with Crippen LogP contribution in [-0.4, -0.2) is 42.2 Å². The van der Waals surface area contributed by atoms with Gasteiger partial charge in [-0.05, 0) is 56.9 Å². The smallest absolute Gasteiger partial charge is 0.271 e. The van der Waals surface area contributed by atoms with E-state index >= 15 is 0 Å². The third-order valence-electron chi connectivity index (χ3n) is 7.24. The Morgan fingerprint density at radius 3 is 2.40 bits per heavy atom. The van der Waals surface area contributed by atoms with Gasteiger partial charge < -0.3 is 14.4 Å². The Balaban J connectivity index is 1.76. The van der Waals surface area contributed by atoms with Crippen molar-refractivity contribution in [1.29, 1.82) is 0 Å². The number of carbonyl (C=O) groups is 1. The number of likely N-dealkylation sites (N-methyl/N-ethyl adjacent to an activating group) is 1. The number of benzene rings is 3. The van der Waals surface area contributed by atoms with Crippen LogP contribution in [0.3, 0.4) is 0 Å². The predicted octanol–water partition coefficient (Wildman–Crippen LogP) is 4.66. The summed E-state index contributed by atoms with van der Waals surface area (Å²) in [6, 6.07) is 18.8. The first-order valence-electron chi connectivity index (χ1n) is 13.5. The molecule has 0 bridgehead atoms. The van der Waals surface area contributed by atoms with E-state index in [1.165, 1.54) is 11.3 Å². The van der Waals surface area contributed by atoms with E-state index in [0.29, 0.717) is 46.0 Å². The minimum atomic E-state index is -0.667. The Labute approximate surface area is 237 Å². The average Bonchev–Trinajstić information content (AvgIpc) is 3.28. The molecule has 3 aromatic carbocycles. The summed E-state index contributed by atoms with van der Waals surface area (Å²) in [7, 11) is 1.60. The summed E-state index contributed by atoms with van der Waals surface area (Å²) >= 11 is 1.33. The minimum Gasteiger partial charge on any atom is -0.496 e. The molecule has 0 saturated carbocycles. The van der Waals surface area contributed by atoms with Crippen LogP contribution in [0.2, 0.25) is 0 Å². The Bertz CT molecular complexity index is 1800. The fourth-order valence-corrected chi connectivity index (χ4v) is 6.34. The first kappa shape index (κ1) is 27.4. The van der Waals surface area contributed by atoms with Crippen molar-refractivity contribution in [3.05, 3.63) is 103 Å². The molecule has 40 heavy (non-hydrogen) atoms. The van der Waals surface area contributed by atoms with Crippen LogP contribution in [0.25, 0.3) is 16.8 Å². The van der Waals surface area contributed by atoms with Crippen molar-refractivity contribution in [2.75, 3.05) is 26.8 Å². The molecule has 1 atom stereocenters. The molecule has 4 aromatic rings. The Kier molecular flexibility index (Phi) is 7.89. The monoisotopic (exact) mass is 555 g/mol. The van der Waals surface area contributed by atoms with Gasteiger partial charge in [0, 0.05) is 24.0 Å². The molecule has 0 fully saturated rings. The van der Waals surface area contributed by atoms with E-state index in [9.17, 15) is 9.59 Å². The number of aromatic nitrogens is 1. The molecule has 0 unspecified atom stereocenters. The zero-order valence-electron chi connectivity index (χ0n) is 23.4. The van der Waals surface area contributed by atoms with Crippen molar-refractivity contribution in [3.63, 3.8) is 0 Å². The van der Waals surface area contributed by atoms with E-state index < -0.39 is 6.04 Å². The molecule has 7 nitrogen and oxygen atoms in total. The van der Waals surface area contributed by atoms with Gasteiger partial charge in [0.15, 0.2) is 4.80 Å². The lowest BCUT2D eigenvalue weighted by atomic mass is 9.94. The maximum atomic E-state index is 14.2. The number of ether oxygens (including phenoxy) is 2. The fourth-order valence-electron chi connectivity index (χ4n) is 5.31. The summed E-state index contributed by atoms with van der Waals surface area (Å²) < 4.78 is 13.7. The highest BCUT2D eigenvalue weighted by atomic mass is 32.1. The number of hydrogen-bond donors (Lipinski definition) is 0. The lowest BCUT2D eigenvalue weighted by Crippen LogP contribution is -2.43. The number of rotatable bonds is 8. The molecule has 0 saturated heterocycles. The first-order valence-corrected chi connectivity index (χ1v) is 14.3.